The number of rotatable bonds is 10. The number of aryl methyl sites for hydroxylation is 1. The first-order valence-corrected chi connectivity index (χ1v) is 14.0. The molecule has 0 spiro atoms. The molecule has 40 heavy (non-hydrogen) atoms. The van der Waals surface area contributed by atoms with Gasteiger partial charge in [0.1, 0.15) is 11.6 Å². The molecule has 10 heteroatoms. The van der Waals surface area contributed by atoms with Crippen molar-refractivity contribution in [3.05, 3.63) is 65.6 Å². The minimum atomic E-state index is -0.323. The Bertz CT molecular complexity index is 1310. The molecule has 2 saturated heterocycles. The number of aromatic nitrogens is 1. The van der Waals surface area contributed by atoms with Crippen LogP contribution < -0.4 is 10.1 Å². The molecule has 0 saturated carbocycles. The number of methoxy groups -OCH3 is 1. The van der Waals surface area contributed by atoms with Crippen molar-refractivity contribution < 1.29 is 23.5 Å². The maximum Gasteiger partial charge on any atom is 0.253 e. The molecule has 0 bridgehead atoms. The molecular formula is C30H38FN5O4. The number of piperazine rings is 1. The zero-order valence-electron chi connectivity index (χ0n) is 23.1. The lowest BCUT2D eigenvalue weighted by molar-refractivity contribution is -0.136. The van der Waals surface area contributed by atoms with E-state index < -0.39 is 0 Å². The summed E-state index contributed by atoms with van der Waals surface area (Å²) in [5.41, 5.74) is 2.18. The molecule has 0 atom stereocenters. The third-order valence-corrected chi connectivity index (χ3v) is 7.73. The van der Waals surface area contributed by atoms with Gasteiger partial charge in [-0.05, 0) is 36.7 Å². The SMILES string of the molecule is COc1cccc2c(C(=O)NCc3cccc(F)c3)cn(CCCN3CCN(CC(=O)N4CCOCC4)CC3)c12. The van der Waals surface area contributed by atoms with Gasteiger partial charge in [-0.1, -0.05) is 24.3 Å². The fourth-order valence-electron chi connectivity index (χ4n) is 5.51. The average molecular weight is 552 g/mol. The summed E-state index contributed by atoms with van der Waals surface area (Å²) in [5, 5.41) is 3.75. The first-order valence-electron chi connectivity index (χ1n) is 14.0. The Hall–Kier alpha value is -3.47. The number of carbonyl (C=O) groups excluding carboxylic acids is 2. The van der Waals surface area contributed by atoms with Crippen molar-refractivity contribution >= 4 is 22.7 Å². The standard InChI is InChI=1S/C30H38FN5O4/c1-39-27-8-3-7-25-26(30(38)32-20-23-5-2-6-24(31)19-23)21-36(29(25)27)10-4-9-33-11-13-34(14-12-33)22-28(37)35-15-17-40-18-16-35/h2-3,5-8,19,21H,4,9-18,20,22H2,1H3,(H,32,38). The first-order chi connectivity index (χ1) is 19.5. The molecule has 2 aliphatic heterocycles. The van der Waals surface area contributed by atoms with Gasteiger partial charge in [-0.3, -0.25) is 14.5 Å². The molecule has 2 aromatic carbocycles. The Morgan fingerprint density at radius 1 is 0.975 bits per heavy atom. The number of nitrogens with one attached hydrogen (secondary N) is 1. The van der Waals surface area contributed by atoms with Crippen LogP contribution in [0.15, 0.2) is 48.7 Å². The zero-order valence-corrected chi connectivity index (χ0v) is 23.1. The number of carbonyl (C=O) groups is 2. The van der Waals surface area contributed by atoms with Gasteiger partial charge in [0.05, 0.1) is 37.9 Å². The van der Waals surface area contributed by atoms with Crippen LogP contribution in [0.3, 0.4) is 0 Å². The smallest absolute Gasteiger partial charge is 0.253 e. The number of fused-ring (bicyclic) bond motifs is 1. The topological polar surface area (TPSA) is 79.3 Å². The van der Waals surface area contributed by atoms with Gasteiger partial charge in [-0.15, -0.1) is 0 Å². The molecule has 0 unspecified atom stereocenters. The van der Waals surface area contributed by atoms with Gasteiger partial charge in [0.15, 0.2) is 0 Å². The van der Waals surface area contributed by atoms with Gasteiger partial charge in [-0.25, -0.2) is 4.39 Å². The van der Waals surface area contributed by atoms with Crippen molar-refractivity contribution in [2.45, 2.75) is 19.5 Å². The Morgan fingerprint density at radius 3 is 2.48 bits per heavy atom. The van der Waals surface area contributed by atoms with E-state index in [0.717, 1.165) is 62.3 Å². The average Bonchev–Trinajstić information content (AvgIpc) is 3.36. The second-order valence-corrected chi connectivity index (χ2v) is 10.4. The highest BCUT2D eigenvalue weighted by molar-refractivity contribution is 6.08. The summed E-state index contributed by atoms with van der Waals surface area (Å²) in [7, 11) is 1.64. The van der Waals surface area contributed by atoms with Crippen molar-refractivity contribution in [1.82, 2.24) is 24.6 Å². The third-order valence-electron chi connectivity index (χ3n) is 7.73. The summed E-state index contributed by atoms with van der Waals surface area (Å²) < 4.78 is 26.6. The molecule has 2 amide bonds. The number of ether oxygens (including phenoxy) is 2. The van der Waals surface area contributed by atoms with Crippen molar-refractivity contribution in [1.29, 1.82) is 0 Å². The summed E-state index contributed by atoms with van der Waals surface area (Å²) >= 11 is 0. The van der Waals surface area contributed by atoms with Gasteiger partial charge < -0.3 is 29.2 Å². The fraction of sp³-hybridized carbons (Fsp3) is 0.467. The summed E-state index contributed by atoms with van der Waals surface area (Å²) in [6.45, 7) is 8.65. The van der Waals surface area contributed by atoms with Crippen LogP contribution in [0.5, 0.6) is 5.75 Å². The largest absolute Gasteiger partial charge is 0.495 e. The van der Waals surface area contributed by atoms with Crippen LogP contribution in [-0.4, -0.2) is 104 Å². The second kappa shape index (κ2) is 13.3. The van der Waals surface area contributed by atoms with Crippen LogP contribution in [0.25, 0.3) is 10.9 Å². The highest BCUT2D eigenvalue weighted by Crippen LogP contribution is 2.30. The van der Waals surface area contributed by atoms with Gasteiger partial charge in [0.25, 0.3) is 5.91 Å². The van der Waals surface area contributed by atoms with E-state index in [1.165, 1.54) is 12.1 Å². The number of morpholine rings is 1. The van der Waals surface area contributed by atoms with E-state index in [4.69, 9.17) is 9.47 Å². The van der Waals surface area contributed by atoms with Gasteiger partial charge in [0.2, 0.25) is 5.91 Å². The third kappa shape index (κ3) is 6.80. The fourth-order valence-corrected chi connectivity index (χ4v) is 5.51. The van der Waals surface area contributed by atoms with Crippen molar-refractivity contribution in [3.8, 4) is 5.75 Å². The molecule has 2 aliphatic rings. The molecular weight excluding hydrogens is 513 g/mol. The number of hydrogen-bond acceptors (Lipinski definition) is 6. The zero-order chi connectivity index (χ0) is 27.9. The Balaban J connectivity index is 1.16. The normalized spacial score (nSPS) is 16.8. The minimum Gasteiger partial charge on any atom is -0.495 e. The molecule has 0 aliphatic carbocycles. The van der Waals surface area contributed by atoms with Crippen LogP contribution >= 0.6 is 0 Å². The Kier molecular flexibility index (Phi) is 9.30. The predicted molar refractivity (Wildman–Crippen MR) is 151 cm³/mol. The van der Waals surface area contributed by atoms with E-state index in [9.17, 15) is 14.0 Å². The lowest BCUT2D eigenvalue weighted by Gasteiger charge is -2.36. The molecule has 2 fully saturated rings. The van der Waals surface area contributed by atoms with Gasteiger partial charge in [-0.2, -0.15) is 0 Å². The summed E-state index contributed by atoms with van der Waals surface area (Å²) in [4.78, 5) is 32.3. The van der Waals surface area contributed by atoms with E-state index in [0.29, 0.717) is 44.0 Å². The lowest BCUT2D eigenvalue weighted by Crippen LogP contribution is -2.51. The van der Waals surface area contributed by atoms with E-state index >= 15 is 0 Å². The van der Waals surface area contributed by atoms with Crippen LogP contribution in [0, 0.1) is 5.82 Å². The van der Waals surface area contributed by atoms with Crippen molar-refractivity contribution in [3.63, 3.8) is 0 Å². The number of benzene rings is 2. The summed E-state index contributed by atoms with van der Waals surface area (Å²) in [5.74, 6) is 0.390. The van der Waals surface area contributed by atoms with Crippen LogP contribution in [0.2, 0.25) is 0 Å². The van der Waals surface area contributed by atoms with Crippen LogP contribution in [0.4, 0.5) is 4.39 Å². The Morgan fingerprint density at radius 2 is 1.73 bits per heavy atom. The molecule has 5 rings (SSSR count). The van der Waals surface area contributed by atoms with Crippen molar-refractivity contribution in [2.24, 2.45) is 0 Å². The lowest BCUT2D eigenvalue weighted by atomic mass is 10.1. The summed E-state index contributed by atoms with van der Waals surface area (Å²) in [6, 6.07) is 12.0. The number of amides is 2. The van der Waals surface area contributed by atoms with Gasteiger partial charge >= 0.3 is 0 Å². The number of halogens is 1. The monoisotopic (exact) mass is 551 g/mol. The predicted octanol–water partition coefficient (Wildman–Crippen LogP) is 2.59. The van der Waals surface area contributed by atoms with Crippen molar-refractivity contribution in [2.75, 3.05) is 72.7 Å². The maximum absolute atomic E-state index is 13.5. The number of hydrogen-bond donors (Lipinski definition) is 1. The molecule has 3 aromatic rings. The highest BCUT2D eigenvalue weighted by atomic mass is 19.1. The van der Waals surface area contributed by atoms with E-state index in [1.807, 2.05) is 29.3 Å². The molecule has 1 N–H and O–H groups in total. The molecule has 1 aromatic heterocycles. The molecule has 214 valence electrons. The minimum absolute atomic E-state index is 0.195. The van der Waals surface area contributed by atoms with E-state index in [1.54, 1.807) is 19.2 Å². The van der Waals surface area contributed by atoms with Crippen LogP contribution in [-0.2, 0) is 22.6 Å². The quantitative estimate of drug-likeness (QED) is 0.418. The molecule has 9 nitrogen and oxygen atoms in total. The maximum atomic E-state index is 13.5. The van der Waals surface area contributed by atoms with E-state index in [2.05, 4.69) is 19.7 Å². The summed E-state index contributed by atoms with van der Waals surface area (Å²) in [6.07, 6.45) is 2.81. The Labute approximate surface area is 234 Å². The van der Waals surface area contributed by atoms with Crippen LogP contribution in [0.1, 0.15) is 22.3 Å². The number of para-hydroxylation sites is 1. The molecule has 3 heterocycles. The highest BCUT2D eigenvalue weighted by Gasteiger charge is 2.23. The number of nitrogens with zero attached hydrogens (tertiary/aromatic N) is 4. The van der Waals surface area contributed by atoms with Gasteiger partial charge in [0, 0.05) is 63.9 Å². The van der Waals surface area contributed by atoms with E-state index in [-0.39, 0.29) is 24.2 Å². The first kappa shape index (κ1) is 28.1. The second-order valence-electron chi connectivity index (χ2n) is 10.4. The molecule has 0 radical (unpaired) electrons.